The molecule has 0 aliphatic rings. The second-order valence-electron chi connectivity index (χ2n) is 4.60. The van der Waals surface area contributed by atoms with Gasteiger partial charge in [0.05, 0.1) is 16.1 Å². The maximum atomic E-state index is 6.08. The minimum atomic E-state index is 0.699. The summed E-state index contributed by atoms with van der Waals surface area (Å²) in [5.74, 6) is 0.882. The molecule has 2 aromatic rings. The van der Waals surface area contributed by atoms with E-state index in [9.17, 15) is 0 Å². The van der Waals surface area contributed by atoms with Gasteiger partial charge in [-0.05, 0) is 74.2 Å². The smallest absolute Gasteiger partial charge is 0.133 e. The number of hydrogen-bond acceptors (Lipinski definition) is 2. The first kappa shape index (κ1) is 16.7. The van der Waals surface area contributed by atoms with Crippen molar-refractivity contribution in [1.29, 1.82) is 0 Å². The molecule has 0 heterocycles. The zero-order valence-electron chi connectivity index (χ0n) is 11.6. The quantitative estimate of drug-likeness (QED) is 0.580. The fourth-order valence-electron chi connectivity index (χ4n) is 1.79. The van der Waals surface area contributed by atoms with Gasteiger partial charge in [0.15, 0.2) is 0 Å². The molecule has 2 rings (SSSR count). The van der Waals surface area contributed by atoms with Crippen molar-refractivity contribution in [3.8, 4) is 5.75 Å². The molecule has 0 fully saturated rings. The zero-order chi connectivity index (χ0) is 15.2. The van der Waals surface area contributed by atoms with Gasteiger partial charge in [-0.2, -0.15) is 0 Å². The number of halogens is 3. The first-order chi connectivity index (χ1) is 10.1. The van der Waals surface area contributed by atoms with Crippen molar-refractivity contribution in [2.24, 2.45) is 0 Å². The molecule has 112 valence electrons. The molecular formula is C16H16Br2ClNO. The molecule has 0 aliphatic carbocycles. The second kappa shape index (κ2) is 8.06. The Morgan fingerprint density at radius 1 is 1.10 bits per heavy atom. The minimum absolute atomic E-state index is 0.699. The predicted molar refractivity (Wildman–Crippen MR) is 96.4 cm³/mol. The van der Waals surface area contributed by atoms with Crippen LogP contribution < -0.4 is 10.1 Å². The highest BCUT2D eigenvalue weighted by atomic mass is 79.9. The van der Waals surface area contributed by atoms with E-state index in [1.165, 1.54) is 5.56 Å². The standard InChI is InChI=1S/C16H16Br2ClNO/c1-2-7-21-16-6-3-11(8-14(16)18)10-20-12-4-5-13(17)15(19)9-12/h3-6,8-9,20H,2,7,10H2,1H3. The highest BCUT2D eigenvalue weighted by molar-refractivity contribution is 9.10. The highest BCUT2D eigenvalue weighted by Gasteiger charge is 2.03. The molecule has 2 aromatic carbocycles. The number of nitrogens with one attached hydrogen (secondary N) is 1. The lowest BCUT2D eigenvalue weighted by molar-refractivity contribution is 0.315. The van der Waals surface area contributed by atoms with E-state index >= 15 is 0 Å². The van der Waals surface area contributed by atoms with Crippen LogP contribution in [-0.4, -0.2) is 6.61 Å². The predicted octanol–water partition coefficient (Wildman–Crippen LogP) is 6.27. The molecule has 0 saturated heterocycles. The maximum absolute atomic E-state index is 6.08. The fourth-order valence-corrected chi connectivity index (χ4v) is 2.76. The van der Waals surface area contributed by atoms with E-state index in [1.54, 1.807) is 0 Å². The Hall–Kier alpha value is -0.710. The van der Waals surface area contributed by atoms with Crippen LogP contribution in [0, 0.1) is 0 Å². The Morgan fingerprint density at radius 3 is 2.57 bits per heavy atom. The molecule has 0 spiro atoms. The minimum Gasteiger partial charge on any atom is -0.492 e. The van der Waals surface area contributed by atoms with Crippen molar-refractivity contribution in [1.82, 2.24) is 0 Å². The summed E-state index contributed by atoms with van der Waals surface area (Å²) in [4.78, 5) is 0. The summed E-state index contributed by atoms with van der Waals surface area (Å²) in [5.41, 5.74) is 2.16. The molecular weight excluding hydrogens is 417 g/mol. The number of anilines is 1. The largest absolute Gasteiger partial charge is 0.492 e. The number of rotatable bonds is 6. The van der Waals surface area contributed by atoms with Crippen LogP contribution in [0.5, 0.6) is 5.75 Å². The molecule has 0 unspecified atom stereocenters. The Balaban J connectivity index is 1.99. The van der Waals surface area contributed by atoms with Crippen molar-refractivity contribution in [2.75, 3.05) is 11.9 Å². The van der Waals surface area contributed by atoms with Gasteiger partial charge in [-0.3, -0.25) is 0 Å². The van der Waals surface area contributed by atoms with Gasteiger partial charge in [-0.1, -0.05) is 24.6 Å². The van der Waals surface area contributed by atoms with Gasteiger partial charge in [-0.25, -0.2) is 0 Å². The average molecular weight is 434 g/mol. The molecule has 0 amide bonds. The molecule has 0 aromatic heterocycles. The van der Waals surface area contributed by atoms with Gasteiger partial charge in [0, 0.05) is 16.7 Å². The van der Waals surface area contributed by atoms with Gasteiger partial charge in [0.2, 0.25) is 0 Å². The lowest BCUT2D eigenvalue weighted by Crippen LogP contribution is -2.01. The zero-order valence-corrected chi connectivity index (χ0v) is 15.6. The van der Waals surface area contributed by atoms with Crippen molar-refractivity contribution < 1.29 is 4.74 Å². The van der Waals surface area contributed by atoms with Crippen molar-refractivity contribution >= 4 is 49.1 Å². The third-order valence-corrected chi connectivity index (χ3v) is 4.73. The van der Waals surface area contributed by atoms with E-state index in [4.69, 9.17) is 16.3 Å². The van der Waals surface area contributed by atoms with Gasteiger partial charge in [0.1, 0.15) is 5.75 Å². The van der Waals surface area contributed by atoms with Crippen molar-refractivity contribution in [3.05, 3.63) is 55.9 Å². The van der Waals surface area contributed by atoms with E-state index in [-0.39, 0.29) is 0 Å². The first-order valence-electron chi connectivity index (χ1n) is 6.70. The molecule has 2 nitrogen and oxygen atoms in total. The van der Waals surface area contributed by atoms with Crippen LogP contribution in [0.15, 0.2) is 45.3 Å². The number of hydrogen-bond donors (Lipinski definition) is 1. The van der Waals surface area contributed by atoms with Crippen molar-refractivity contribution in [3.63, 3.8) is 0 Å². The summed E-state index contributed by atoms with van der Waals surface area (Å²) in [6, 6.07) is 11.9. The van der Waals surface area contributed by atoms with Crippen LogP contribution in [0.4, 0.5) is 5.69 Å². The summed E-state index contributed by atoms with van der Waals surface area (Å²) >= 11 is 13.0. The van der Waals surface area contributed by atoms with Crippen LogP contribution in [0.2, 0.25) is 5.02 Å². The summed E-state index contributed by atoms with van der Waals surface area (Å²) < 4.78 is 7.52. The molecule has 21 heavy (non-hydrogen) atoms. The van der Waals surface area contributed by atoms with Gasteiger partial charge >= 0.3 is 0 Å². The molecule has 0 bridgehead atoms. The number of ether oxygens (including phenoxy) is 1. The maximum Gasteiger partial charge on any atom is 0.133 e. The Kier molecular flexibility index (Phi) is 6.40. The van der Waals surface area contributed by atoms with Crippen LogP contribution in [0.3, 0.4) is 0 Å². The second-order valence-corrected chi connectivity index (χ2v) is 6.71. The molecule has 0 radical (unpaired) electrons. The highest BCUT2D eigenvalue weighted by Crippen LogP contribution is 2.28. The Morgan fingerprint density at radius 2 is 1.90 bits per heavy atom. The topological polar surface area (TPSA) is 21.3 Å². The molecule has 1 N–H and O–H groups in total. The monoisotopic (exact) mass is 431 g/mol. The SMILES string of the molecule is CCCOc1ccc(CNc2ccc(Br)c(Cl)c2)cc1Br. The van der Waals surface area contributed by atoms with Crippen molar-refractivity contribution in [2.45, 2.75) is 19.9 Å². The van der Waals surface area contributed by atoms with Gasteiger partial charge < -0.3 is 10.1 Å². The van der Waals surface area contributed by atoms with Crippen LogP contribution in [0.25, 0.3) is 0 Å². The summed E-state index contributed by atoms with van der Waals surface area (Å²) in [6.45, 7) is 3.55. The Bertz CT molecular complexity index is 619. The lowest BCUT2D eigenvalue weighted by Gasteiger charge is -2.11. The van der Waals surface area contributed by atoms with Crippen LogP contribution >= 0.6 is 43.5 Å². The molecule has 5 heteroatoms. The average Bonchev–Trinajstić information content (AvgIpc) is 2.47. The van der Waals surface area contributed by atoms with E-state index in [0.717, 1.165) is 40.0 Å². The summed E-state index contributed by atoms with van der Waals surface area (Å²) in [6.07, 6.45) is 1.00. The molecule has 0 aliphatic heterocycles. The fraction of sp³-hybridized carbons (Fsp3) is 0.250. The van der Waals surface area contributed by atoms with E-state index in [0.29, 0.717) is 5.02 Å². The normalized spacial score (nSPS) is 10.5. The van der Waals surface area contributed by atoms with E-state index < -0.39 is 0 Å². The van der Waals surface area contributed by atoms with E-state index in [2.05, 4.69) is 56.2 Å². The van der Waals surface area contributed by atoms with Crippen LogP contribution in [0.1, 0.15) is 18.9 Å². The number of benzene rings is 2. The Labute approximate surface area is 147 Å². The molecule has 0 saturated carbocycles. The first-order valence-corrected chi connectivity index (χ1v) is 8.66. The third-order valence-electron chi connectivity index (χ3n) is 2.87. The third kappa shape index (κ3) is 4.90. The van der Waals surface area contributed by atoms with Gasteiger partial charge in [-0.15, -0.1) is 0 Å². The summed E-state index contributed by atoms with van der Waals surface area (Å²) in [5, 5.41) is 4.05. The molecule has 0 atom stereocenters. The van der Waals surface area contributed by atoms with E-state index in [1.807, 2.05) is 24.3 Å². The lowest BCUT2D eigenvalue weighted by atomic mass is 10.2. The summed E-state index contributed by atoms with van der Waals surface area (Å²) in [7, 11) is 0. The van der Waals surface area contributed by atoms with Crippen LogP contribution in [-0.2, 0) is 6.54 Å². The van der Waals surface area contributed by atoms with Gasteiger partial charge in [0.25, 0.3) is 0 Å².